The summed E-state index contributed by atoms with van der Waals surface area (Å²) in [5.41, 5.74) is 9.85. The van der Waals surface area contributed by atoms with Crippen molar-refractivity contribution in [3.63, 3.8) is 0 Å². The zero-order chi connectivity index (χ0) is 24.9. The third-order valence-electron chi connectivity index (χ3n) is 5.72. The maximum atomic E-state index is 13.1. The van der Waals surface area contributed by atoms with Crippen LogP contribution in [0.5, 0.6) is 5.75 Å². The van der Waals surface area contributed by atoms with Gasteiger partial charge in [0.25, 0.3) is 0 Å². The van der Waals surface area contributed by atoms with Crippen molar-refractivity contribution in [1.29, 1.82) is 0 Å². The molecule has 0 radical (unpaired) electrons. The van der Waals surface area contributed by atoms with Gasteiger partial charge in [-0.25, -0.2) is 19.7 Å². The number of anilines is 1. The first-order valence-corrected chi connectivity index (χ1v) is 11.5. The van der Waals surface area contributed by atoms with E-state index in [4.69, 9.17) is 20.3 Å². The summed E-state index contributed by atoms with van der Waals surface area (Å²) in [6, 6.07) is 17.4. The average molecular weight is 484 g/mol. The summed E-state index contributed by atoms with van der Waals surface area (Å²) in [4.78, 5) is 25.6. The van der Waals surface area contributed by atoms with Crippen LogP contribution in [-0.2, 0) is 17.8 Å². The number of nitrogens with zero attached hydrogens (tertiary/aromatic N) is 6. The number of ether oxygens (including phenoxy) is 2. The van der Waals surface area contributed by atoms with Crippen LogP contribution in [0.4, 0.5) is 5.82 Å². The molecule has 0 fully saturated rings. The van der Waals surface area contributed by atoms with Crippen LogP contribution in [0.2, 0.25) is 0 Å². The summed E-state index contributed by atoms with van der Waals surface area (Å²) >= 11 is 0. The minimum atomic E-state index is -0.436. The second kappa shape index (κ2) is 10.3. The Balaban J connectivity index is 1.31. The van der Waals surface area contributed by atoms with E-state index < -0.39 is 5.97 Å². The smallest absolute Gasteiger partial charge is 0.341 e. The predicted molar refractivity (Wildman–Crippen MR) is 134 cm³/mol. The van der Waals surface area contributed by atoms with E-state index in [0.717, 1.165) is 11.1 Å². The molecule has 0 bridgehead atoms. The Kier molecular flexibility index (Phi) is 6.57. The first kappa shape index (κ1) is 23.0. The van der Waals surface area contributed by atoms with Gasteiger partial charge in [-0.1, -0.05) is 42.5 Å². The number of fused-ring (bicyclic) bond motifs is 1. The number of aromatic nitrogens is 6. The first-order chi connectivity index (χ1) is 17.6. The molecule has 0 aliphatic carbocycles. The second-order valence-corrected chi connectivity index (χ2v) is 8.17. The molecule has 2 aromatic carbocycles. The van der Waals surface area contributed by atoms with Crippen LogP contribution in [0.3, 0.4) is 0 Å². The monoisotopic (exact) mass is 483 g/mol. The number of aryl methyl sites for hydroxylation is 1. The van der Waals surface area contributed by atoms with Gasteiger partial charge in [-0.2, -0.15) is 5.10 Å². The minimum absolute atomic E-state index is 0.223. The number of carbonyl (C=O) groups excluding carboxylic acids is 1. The second-order valence-electron chi connectivity index (χ2n) is 8.17. The number of imidazole rings is 1. The number of methoxy groups -OCH3 is 1. The van der Waals surface area contributed by atoms with E-state index in [1.807, 2.05) is 59.2 Å². The van der Waals surface area contributed by atoms with Crippen molar-refractivity contribution in [3.8, 4) is 17.0 Å². The van der Waals surface area contributed by atoms with Crippen LogP contribution in [0.1, 0.15) is 22.3 Å². The Morgan fingerprint density at radius 2 is 1.92 bits per heavy atom. The van der Waals surface area contributed by atoms with E-state index in [-0.39, 0.29) is 6.61 Å². The van der Waals surface area contributed by atoms with Gasteiger partial charge < -0.3 is 19.8 Å². The lowest BCUT2D eigenvalue weighted by Crippen LogP contribution is -2.09. The molecule has 3 aromatic heterocycles. The normalized spacial score (nSPS) is 11.0. The van der Waals surface area contributed by atoms with Crippen molar-refractivity contribution < 1.29 is 14.3 Å². The minimum Gasteiger partial charge on any atom is -0.497 e. The summed E-state index contributed by atoms with van der Waals surface area (Å²) in [5, 5.41) is 4.71. The van der Waals surface area contributed by atoms with Gasteiger partial charge in [-0.15, -0.1) is 0 Å². The number of nitrogen functional groups attached to an aromatic ring is 1. The van der Waals surface area contributed by atoms with Crippen molar-refractivity contribution in [2.24, 2.45) is 0 Å². The lowest BCUT2D eigenvalue weighted by Gasteiger charge is -2.07. The number of benzene rings is 2. The zero-order valence-corrected chi connectivity index (χ0v) is 19.7. The molecule has 0 amide bonds. The molecule has 0 saturated heterocycles. The summed E-state index contributed by atoms with van der Waals surface area (Å²) in [6.07, 6.45) is 5.37. The molecule has 3 heterocycles. The number of rotatable bonds is 9. The van der Waals surface area contributed by atoms with Gasteiger partial charge in [0, 0.05) is 18.3 Å². The lowest BCUT2D eigenvalue weighted by molar-refractivity contribution is 0.0497. The van der Waals surface area contributed by atoms with Gasteiger partial charge in [-0.3, -0.25) is 4.68 Å². The van der Waals surface area contributed by atoms with Gasteiger partial charge in [0.2, 0.25) is 0 Å². The molecule has 0 saturated carbocycles. The molecular formula is C26H25N7O3. The van der Waals surface area contributed by atoms with Crippen LogP contribution in [0, 0.1) is 0 Å². The van der Waals surface area contributed by atoms with E-state index in [1.54, 1.807) is 24.3 Å². The van der Waals surface area contributed by atoms with Crippen LogP contribution in [-0.4, -0.2) is 49.0 Å². The van der Waals surface area contributed by atoms with Gasteiger partial charge in [0.05, 0.1) is 26.6 Å². The summed E-state index contributed by atoms with van der Waals surface area (Å²) in [5.74, 6) is 0.582. The highest BCUT2D eigenvalue weighted by molar-refractivity contribution is 5.96. The Morgan fingerprint density at radius 1 is 1.06 bits per heavy atom. The van der Waals surface area contributed by atoms with Crippen molar-refractivity contribution in [1.82, 2.24) is 29.3 Å². The third kappa shape index (κ3) is 4.88. The highest BCUT2D eigenvalue weighted by atomic mass is 16.5. The molecule has 0 unspecified atom stereocenters. The van der Waals surface area contributed by atoms with Crippen molar-refractivity contribution in [2.75, 3.05) is 19.5 Å². The van der Waals surface area contributed by atoms with Gasteiger partial charge >= 0.3 is 5.97 Å². The fourth-order valence-electron chi connectivity index (χ4n) is 3.95. The molecular weight excluding hydrogens is 458 g/mol. The predicted octanol–water partition coefficient (Wildman–Crippen LogP) is 3.58. The van der Waals surface area contributed by atoms with E-state index in [2.05, 4.69) is 15.0 Å². The number of nitrogens with two attached hydrogens (primary N) is 1. The molecule has 5 rings (SSSR count). The van der Waals surface area contributed by atoms with Crippen molar-refractivity contribution >= 4 is 23.0 Å². The quantitative estimate of drug-likeness (QED) is 0.249. The van der Waals surface area contributed by atoms with Crippen LogP contribution in [0.15, 0.2) is 73.4 Å². The molecule has 182 valence electrons. The Labute approximate surface area is 207 Å². The molecule has 10 heteroatoms. The largest absolute Gasteiger partial charge is 0.497 e. The molecule has 0 spiro atoms. The lowest BCUT2D eigenvalue weighted by atomic mass is 10.1. The SMILES string of the molecule is COc1cccc(-c2nn(Cc3ccccc3)cc2C(=O)OCCCn2cnc3c(N)ncnc32)c1. The van der Waals surface area contributed by atoms with Crippen LogP contribution in [0.25, 0.3) is 22.4 Å². The summed E-state index contributed by atoms with van der Waals surface area (Å²) in [7, 11) is 1.60. The van der Waals surface area contributed by atoms with Gasteiger partial charge in [0.15, 0.2) is 11.5 Å². The number of hydrogen-bond donors (Lipinski definition) is 1. The Hall–Kier alpha value is -4.73. The standard InChI is InChI=1S/C26H25N7O3/c1-35-20-10-5-9-19(13-20)22-21(15-33(31-22)14-18-7-3-2-4-8-18)26(34)36-12-6-11-32-17-30-23-24(27)28-16-29-25(23)32/h2-5,7-10,13,15-17H,6,11-12,14H2,1H3,(H2,27,28,29). The first-order valence-electron chi connectivity index (χ1n) is 11.5. The number of hydrogen-bond acceptors (Lipinski definition) is 8. The zero-order valence-electron chi connectivity index (χ0n) is 19.7. The van der Waals surface area contributed by atoms with Gasteiger partial charge in [-0.05, 0) is 24.1 Å². The van der Waals surface area contributed by atoms with Crippen molar-refractivity contribution in [2.45, 2.75) is 19.5 Å². The molecule has 0 aliphatic rings. The topological polar surface area (TPSA) is 123 Å². The van der Waals surface area contributed by atoms with E-state index in [9.17, 15) is 4.79 Å². The molecule has 36 heavy (non-hydrogen) atoms. The fraction of sp³-hybridized carbons (Fsp3) is 0.192. The maximum Gasteiger partial charge on any atom is 0.341 e. The highest BCUT2D eigenvalue weighted by Gasteiger charge is 2.20. The van der Waals surface area contributed by atoms with E-state index in [1.165, 1.54) is 6.33 Å². The van der Waals surface area contributed by atoms with Crippen LogP contribution >= 0.6 is 0 Å². The molecule has 0 aliphatic heterocycles. The average Bonchev–Trinajstić information content (AvgIpc) is 3.52. The summed E-state index contributed by atoms with van der Waals surface area (Å²) < 4.78 is 14.6. The molecule has 5 aromatic rings. The highest BCUT2D eigenvalue weighted by Crippen LogP contribution is 2.27. The maximum absolute atomic E-state index is 13.1. The van der Waals surface area contributed by atoms with Gasteiger partial charge in [0.1, 0.15) is 28.9 Å². The Bertz CT molecular complexity index is 1490. The Morgan fingerprint density at radius 3 is 2.75 bits per heavy atom. The van der Waals surface area contributed by atoms with Crippen LogP contribution < -0.4 is 10.5 Å². The fourth-order valence-corrected chi connectivity index (χ4v) is 3.95. The van der Waals surface area contributed by atoms with Crippen molar-refractivity contribution in [3.05, 3.63) is 84.6 Å². The van der Waals surface area contributed by atoms with E-state index >= 15 is 0 Å². The number of carbonyl (C=O) groups is 1. The number of esters is 1. The van der Waals surface area contributed by atoms with E-state index in [0.29, 0.717) is 53.5 Å². The third-order valence-corrected chi connectivity index (χ3v) is 5.72. The summed E-state index contributed by atoms with van der Waals surface area (Å²) in [6.45, 7) is 1.32. The molecule has 10 nitrogen and oxygen atoms in total. The molecule has 2 N–H and O–H groups in total. The molecule has 0 atom stereocenters.